The lowest BCUT2D eigenvalue weighted by molar-refractivity contribution is 0.172. The number of aliphatic hydroxyl groups is 1. The van der Waals surface area contributed by atoms with Crippen molar-refractivity contribution in [2.45, 2.75) is 25.9 Å². The number of methoxy groups -OCH3 is 1. The van der Waals surface area contributed by atoms with Crippen LogP contribution in [0.25, 0.3) is 10.9 Å². The van der Waals surface area contributed by atoms with Crippen molar-refractivity contribution in [3.63, 3.8) is 0 Å². The molecule has 9 heteroatoms. The van der Waals surface area contributed by atoms with E-state index >= 15 is 0 Å². The Balaban J connectivity index is 1.49. The molecule has 4 N–H and O–H groups in total. The first-order valence-electron chi connectivity index (χ1n) is 11.0. The van der Waals surface area contributed by atoms with Crippen LogP contribution in [-0.2, 0) is 27.6 Å². The average Bonchev–Trinajstić information content (AvgIpc) is 3.12. The molecule has 0 aliphatic rings. The van der Waals surface area contributed by atoms with Crippen molar-refractivity contribution in [3.05, 3.63) is 59.3 Å². The quantitative estimate of drug-likeness (QED) is 0.283. The molecule has 1 unspecified atom stereocenters. The van der Waals surface area contributed by atoms with Crippen LogP contribution in [0.2, 0.25) is 0 Å². The monoisotopic (exact) mass is 475 g/mol. The number of H-pyrrole nitrogens is 1. The van der Waals surface area contributed by atoms with Gasteiger partial charge in [-0.3, -0.25) is 4.72 Å². The number of benzene rings is 2. The Bertz CT molecular complexity index is 1160. The van der Waals surface area contributed by atoms with Gasteiger partial charge >= 0.3 is 0 Å². The highest BCUT2D eigenvalue weighted by Crippen LogP contribution is 2.27. The van der Waals surface area contributed by atoms with Crippen molar-refractivity contribution in [2.24, 2.45) is 0 Å². The molecule has 3 aromatic rings. The molecular weight excluding hydrogens is 442 g/mol. The lowest BCUT2D eigenvalue weighted by Gasteiger charge is -2.14. The van der Waals surface area contributed by atoms with Gasteiger partial charge in [-0.2, -0.15) is 0 Å². The van der Waals surface area contributed by atoms with E-state index in [-0.39, 0.29) is 0 Å². The van der Waals surface area contributed by atoms with Crippen LogP contribution in [0.15, 0.2) is 42.5 Å². The van der Waals surface area contributed by atoms with Crippen LogP contribution in [0.5, 0.6) is 5.75 Å². The summed E-state index contributed by atoms with van der Waals surface area (Å²) in [6, 6.07) is 12.8. The van der Waals surface area contributed by atoms with Gasteiger partial charge in [0, 0.05) is 55.0 Å². The molecule has 1 heterocycles. The second kappa shape index (κ2) is 11.5. The zero-order valence-corrected chi connectivity index (χ0v) is 20.2. The molecule has 2 aromatic carbocycles. The molecule has 0 aliphatic carbocycles. The number of aliphatic hydroxyl groups excluding tert-OH is 1. The fourth-order valence-corrected chi connectivity index (χ4v) is 4.38. The largest absolute Gasteiger partial charge is 0.492 e. The molecule has 0 saturated carbocycles. The SMILES string of the molecule is CCc1c(CCOC)[nH]c2cc(OCCNCC(O)c3cccc(NS(C)(=O)=O)c3)ccc12. The molecular formula is C24H33N3O5S. The van der Waals surface area contributed by atoms with E-state index in [2.05, 4.69) is 28.0 Å². The number of hydrogen-bond acceptors (Lipinski definition) is 6. The van der Waals surface area contributed by atoms with Crippen LogP contribution < -0.4 is 14.8 Å². The third-order valence-electron chi connectivity index (χ3n) is 5.34. The van der Waals surface area contributed by atoms with Gasteiger partial charge in [0.25, 0.3) is 0 Å². The first kappa shape index (κ1) is 25.0. The zero-order valence-electron chi connectivity index (χ0n) is 19.3. The van der Waals surface area contributed by atoms with Crippen molar-refractivity contribution in [3.8, 4) is 5.75 Å². The van der Waals surface area contributed by atoms with Crippen LogP contribution in [-0.4, -0.2) is 58.2 Å². The summed E-state index contributed by atoms with van der Waals surface area (Å²) in [5.74, 6) is 0.784. The van der Waals surface area contributed by atoms with Crippen molar-refractivity contribution in [1.82, 2.24) is 10.3 Å². The van der Waals surface area contributed by atoms with Gasteiger partial charge in [0.15, 0.2) is 0 Å². The normalized spacial score (nSPS) is 12.7. The van der Waals surface area contributed by atoms with E-state index in [4.69, 9.17) is 9.47 Å². The van der Waals surface area contributed by atoms with Gasteiger partial charge in [-0.15, -0.1) is 0 Å². The molecule has 33 heavy (non-hydrogen) atoms. The Labute approximate surface area is 195 Å². The average molecular weight is 476 g/mol. The van der Waals surface area contributed by atoms with E-state index in [0.717, 1.165) is 30.4 Å². The number of nitrogens with one attached hydrogen (secondary N) is 3. The molecule has 0 spiro atoms. The minimum absolute atomic E-state index is 0.323. The number of fused-ring (bicyclic) bond motifs is 1. The van der Waals surface area contributed by atoms with Gasteiger partial charge in [0.1, 0.15) is 12.4 Å². The maximum atomic E-state index is 11.4. The van der Waals surface area contributed by atoms with E-state index in [1.807, 2.05) is 12.1 Å². The molecule has 180 valence electrons. The number of aromatic amines is 1. The van der Waals surface area contributed by atoms with Gasteiger partial charge in [-0.25, -0.2) is 8.42 Å². The Morgan fingerprint density at radius 1 is 1.15 bits per heavy atom. The number of ether oxygens (including phenoxy) is 2. The van der Waals surface area contributed by atoms with Crippen LogP contribution in [0.1, 0.15) is 29.8 Å². The fraction of sp³-hybridized carbons (Fsp3) is 0.417. The second-order valence-electron chi connectivity index (χ2n) is 7.95. The lowest BCUT2D eigenvalue weighted by Crippen LogP contribution is -2.26. The summed E-state index contributed by atoms with van der Waals surface area (Å²) < 4.78 is 36.3. The fourth-order valence-electron chi connectivity index (χ4n) is 3.82. The van der Waals surface area contributed by atoms with Crippen molar-refractivity contribution >= 4 is 26.6 Å². The minimum Gasteiger partial charge on any atom is -0.492 e. The molecule has 0 radical (unpaired) electrons. The van der Waals surface area contributed by atoms with E-state index < -0.39 is 16.1 Å². The maximum absolute atomic E-state index is 11.4. The summed E-state index contributed by atoms with van der Waals surface area (Å²) in [6.45, 7) is 4.16. The number of rotatable bonds is 13. The molecule has 3 rings (SSSR count). The predicted octanol–water partition coefficient (Wildman–Crippen LogP) is 2.99. The smallest absolute Gasteiger partial charge is 0.229 e. The number of hydrogen-bond donors (Lipinski definition) is 4. The number of anilines is 1. The highest BCUT2D eigenvalue weighted by molar-refractivity contribution is 7.92. The standard InChI is InChI=1S/C24H33N3O5S/c1-4-20-21-9-8-19(15-23(21)26-22(20)10-12-31-2)32-13-11-25-16-24(28)17-6-5-7-18(14-17)27-33(3,29)30/h5-9,14-15,24-28H,4,10-13,16H2,1-3H3. The van der Waals surface area contributed by atoms with Gasteiger partial charge in [0.2, 0.25) is 10.0 Å². The third kappa shape index (κ3) is 7.20. The van der Waals surface area contributed by atoms with Gasteiger partial charge < -0.3 is 24.9 Å². The van der Waals surface area contributed by atoms with Crippen LogP contribution in [0, 0.1) is 0 Å². The number of aromatic nitrogens is 1. The molecule has 0 bridgehead atoms. The first-order chi connectivity index (χ1) is 15.8. The highest BCUT2D eigenvalue weighted by Gasteiger charge is 2.11. The van der Waals surface area contributed by atoms with Crippen molar-refractivity contribution in [2.75, 3.05) is 44.4 Å². The highest BCUT2D eigenvalue weighted by atomic mass is 32.2. The third-order valence-corrected chi connectivity index (χ3v) is 5.94. The lowest BCUT2D eigenvalue weighted by atomic mass is 10.1. The molecule has 0 saturated heterocycles. The molecule has 0 aliphatic heterocycles. The number of aryl methyl sites for hydroxylation is 1. The Hall–Kier alpha value is -2.59. The Morgan fingerprint density at radius 3 is 2.70 bits per heavy atom. The topological polar surface area (TPSA) is 113 Å². The minimum atomic E-state index is -3.36. The summed E-state index contributed by atoms with van der Waals surface area (Å²) >= 11 is 0. The summed E-state index contributed by atoms with van der Waals surface area (Å²) in [5, 5.41) is 14.8. The van der Waals surface area contributed by atoms with Gasteiger partial charge in [-0.05, 0) is 41.8 Å². The molecule has 1 aromatic heterocycles. The van der Waals surface area contributed by atoms with Crippen molar-refractivity contribution < 1.29 is 23.0 Å². The summed E-state index contributed by atoms with van der Waals surface area (Å²) in [7, 11) is -1.65. The summed E-state index contributed by atoms with van der Waals surface area (Å²) in [6.07, 6.45) is 2.14. The first-order valence-corrected chi connectivity index (χ1v) is 12.9. The zero-order chi connectivity index (χ0) is 23.8. The van der Waals surface area contributed by atoms with E-state index in [9.17, 15) is 13.5 Å². The molecule has 0 amide bonds. The number of sulfonamides is 1. The van der Waals surface area contributed by atoms with Gasteiger partial charge in [-0.1, -0.05) is 19.1 Å². The Morgan fingerprint density at radius 2 is 1.97 bits per heavy atom. The molecule has 8 nitrogen and oxygen atoms in total. The van der Waals surface area contributed by atoms with Gasteiger partial charge in [0.05, 0.1) is 19.0 Å². The second-order valence-corrected chi connectivity index (χ2v) is 9.70. The van der Waals surface area contributed by atoms with E-state index in [0.29, 0.717) is 37.6 Å². The molecule has 1 atom stereocenters. The van der Waals surface area contributed by atoms with E-state index in [1.165, 1.54) is 16.6 Å². The summed E-state index contributed by atoms with van der Waals surface area (Å²) in [4.78, 5) is 3.49. The van der Waals surface area contributed by atoms with Crippen LogP contribution in [0.3, 0.4) is 0 Å². The predicted molar refractivity (Wildman–Crippen MR) is 131 cm³/mol. The van der Waals surface area contributed by atoms with Crippen LogP contribution >= 0.6 is 0 Å². The van der Waals surface area contributed by atoms with Crippen molar-refractivity contribution in [1.29, 1.82) is 0 Å². The Kier molecular flexibility index (Phi) is 8.74. The maximum Gasteiger partial charge on any atom is 0.229 e. The van der Waals surface area contributed by atoms with Crippen LogP contribution in [0.4, 0.5) is 5.69 Å². The molecule has 0 fully saturated rings. The van der Waals surface area contributed by atoms with E-state index in [1.54, 1.807) is 31.4 Å². The summed E-state index contributed by atoms with van der Waals surface area (Å²) in [5.41, 5.74) is 4.64.